The minimum Gasteiger partial charge on any atom is -0.497 e. The van der Waals surface area contributed by atoms with Crippen LogP contribution >= 0.6 is 11.6 Å². The second-order valence-corrected chi connectivity index (χ2v) is 15.6. The number of carbonyl (C=O) groups is 1. The van der Waals surface area contributed by atoms with Crippen LogP contribution in [-0.2, 0) is 20.0 Å². The Kier molecular flexibility index (Phi) is 6.20. The number of fused-ring (bicyclic) bond motifs is 3. The number of amides is 1. The normalized spacial score (nSPS) is 34.6. The summed E-state index contributed by atoms with van der Waals surface area (Å²) < 4.78 is 29.5. The fourth-order valence-corrected chi connectivity index (χ4v) is 9.33. The zero-order chi connectivity index (χ0) is 28.8. The first-order chi connectivity index (χ1) is 20.3. The van der Waals surface area contributed by atoms with E-state index >= 15 is 0 Å². The standard InChI is InChI=1S/C29H36ClN7O4S/c1-41-17-5-7-21-19(13-17)29(28(38)31-21)14-20(29)16-4-6-18-22(12-16)35-36-25(18)33-26-23(30)27(34-24(32-26)15-2-3-15)37-8-10-42(39,40)11-9-37/h5,7,13,15-16,18,20,22,25,35-36H,2-4,6,8-12,14H2,1H3,(H,31,38)(H,32,33,34)/t16?,18?,20-,22?,25?,29-/m0/s1. The fourth-order valence-electron chi connectivity index (χ4n) is 7.87. The van der Waals surface area contributed by atoms with Crippen molar-refractivity contribution >= 4 is 44.7 Å². The van der Waals surface area contributed by atoms with Crippen molar-refractivity contribution in [3.63, 3.8) is 0 Å². The number of anilines is 3. The van der Waals surface area contributed by atoms with Crippen molar-refractivity contribution in [1.29, 1.82) is 0 Å². The van der Waals surface area contributed by atoms with E-state index in [0.717, 1.165) is 61.3 Å². The first-order valence-electron chi connectivity index (χ1n) is 15.1. The van der Waals surface area contributed by atoms with Gasteiger partial charge >= 0.3 is 0 Å². The first-order valence-corrected chi connectivity index (χ1v) is 17.3. The summed E-state index contributed by atoms with van der Waals surface area (Å²) in [6, 6.07) is 6.16. The van der Waals surface area contributed by atoms with Crippen LogP contribution in [0.15, 0.2) is 18.2 Å². The molecule has 4 N–H and O–H groups in total. The predicted molar refractivity (Wildman–Crippen MR) is 160 cm³/mol. The Hall–Kier alpha value is -2.67. The van der Waals surface area contributed by atoms with Gasteiger partial charge in [-0.1, -0.05) is 11.6 Å². The van der Waals surface area contributed by atoms with E-state index in [9.17, 15) is 13.2 Å². The van der Waals surface area contributed by atoms with E-state index in [1.54, 1.807) is 7.11 Å². The van der Waals surface area contributed by atoms with Crippen LogP contribution in [0.3, 0.4) is 0 Å². The van der Waals surface area contributed by atoms with E-state index in [1.165, 1.54) is 0 Å². The molecule has 5 fully saturated rings. The molecule has 1 amide bonds. The summed E-state index contributed by atoms with van der Waals surface area (Å²) in [7, 11) is -1.35. The molecular weight excluding hydrogens is 578 g/mol. The lowest BCUT2D eigenvalue weighted by Crippen LogP contribution is -2.41. The number of aromatic nitrogens is 2. The number of hydrazine groups is 1. The smallest absolute Gasteiger partial charge is 0.235 e. The number of hydrogen-bond acceptors (Lipinski definition) is 10. The van der Waals surface area contributed by atoms with E-state index in [-0.39, 0.29) is 29.6 Å². The molecule has 3 saturated carbocycles. The maximum Gasteiger partial charge on any atom is 0.235 e. The highest BCUT2D eigenvalue weighted by Gasteiger charge is 2.67. The average Bonchev–Trinajstić information content (AvgIpc) is 3.90. The minimum atomic E-state index is -3.02. The molecule has 42 heavy (non-hydrogen) atoms. The number of sulfone groups is 1. The van der Waals surface area contributed by atoms with Crippen molar-refractivity contribution in [2.75, 3.05) is 47.2 Å². The molecule has 2 aromatic rings. The lowest BCUT2D eigenvalue weighted by molar-refractivity contribution is -0.118. The molecule has 6 aliphatic rings. The SMILES string of the molecule is COc1ccc2c(c1)[C@]1(C[C@H]1C1CCC3C(C1)NNC3Nc1nc(C3CC3)nc(N3CCS(=O)(=O)CC3)c1Cl)C(=O)N2. The van der Waals surface area contributed by atoms with Crippen LogP contribution in [0, 0.1) is 17.8 Å². The third kappa shape index (κ3) is 4.36. The summed E-state index contributed by atoms with van der Waals surface area (Å²) in [4.78, 5) is 24.8. The number of hydrogen-bond donors (Lipinski definition) is 4. The average molecular weight is 614 g/mol. The highest BCUT2D eigenvalue weighted by Crippen LogP contribution is 2.65. The van der Waals surface area contributed by atoms with Gasteiger partial charge in [0.05, 0.1) is 30.2 Å². The van der Waals surface area contributed by atoms with Gasteiger partial charge in [-0.2, -0.15) is 0 Å². The van der Waals surface area contributed by atoms with Crippen LogP contribution in [-0.4, -0.2) is 68.2 Å². The third-order valence-electron chi connectivity index (χ3n) is 10.5. The van der Waals surface area contributed by atoms with Crippen molar-refractivity contribution in [3.8, 4) is 5.75 Å². The lowest BCUT2D eigenvalue weighted by atomic mass is 9.74. The van der Waals surface area contributed by atoms with E-state index < -0.39 is 15.3 Å². The van der Waals surface area contributed by atoms with E-state index in [0.29, 0.717) is 53.4 Å². The molecule has 4 unspecified atom stereocenters. The molecule has 1 aromatic heterocycles. The van der Waals surface area contributed by atoms with Crippen molar-refractivity contribution in [3.05, 3.63) is 34.6 Å². The fraction of sp³-hybridized carbons (Fsp3) is 0.621. The number of nitrogens with one attached hydrogen (secondary N) is 4. The number of carbonyl (C=O) groups excluding carboxylic acids is 1. The molecule has 1 aromatic carbocycles. The van der Waals surface area contributed by atoms with Crippen LogP contribution in [0.4, 0.5) is 17.3 Å². The van der Waals surface area contributed by atoms with Gasteiger partial charge in [-0.25, -0.2) is 23.8 Å². The monoisotopic (exact) mass is 613 g/mol. The van der Waals surface area contributed by atoms with Crippen LogP contribution in [0.2, 0.25) is 5.02 Å². The van der Waals surface area contributed by atoms with E-state index in [1.807, 2.05) is 23.1 Å². The Bertz CT molecular complexity index is 1560. The number of ether oxygens (including phenoxy) is 1. The highest BCUT2D eigenvalue weighted by molar-refractivity contribution is 7.91. The van der Waals surface area contributed by atoms with Crippen LogP contribution in [0.5, 0.6) is 5.75 Å². The van der Waals surface area contributed by atoms with Crippen LogP contribution in [0.25, 0.3) is 0 Å². The number of rotatable bonds is 6. The molecule has 11 nitrogen and oxygen atoms in total. The summed E-state index contributed by atoms with van der Waals surface area (Å²) in [5, 5.41) is 7.15. The van der Waals surface area contributed by atoms with Gasteiger partial charge in [0.15, 0.2) is 21.5 Å². The molecule has 8 rings (SSSR count). The first kappa shape index (κ1) is 26.9. The van der Waals surface area contributed by atoms with Gasteiger partial charge in [-0.15, -0.1) is 0 Å². The van der Waals surface area contributed by atoms with E-state index in [2.05, 4.69) is 21.5 Å². The maximum absolute atomic E-state index is 13.2. The molecule has 2 saturated heterocycles. The van der Waals surface area contributed by atoms with E-state index in [4.69, 9.17) is 26.3 Å². The highest BCUT2D eigenvalue weighted by atomic mass is 35.5. The zero-order valence-electron chi connectivity index (χ0n) is 23.5. The van der Waals surface area contributed by atoms with Crippen LogP contribution in [0.1, 0.15) is 55.8 Å². The molecule has 3 aliphatic heterocycles. The molecule has 1 spiro atoms. The Balaban J connectivity index is 0.979. The second kappa shape index (κ2) is 9.67. The minimum absolute atomic E-state index is 0.0575. The van der Waals surface area contributed by atoms with Gasteiger partial charge in [0.25, 0.3) is 0 Å². The lowest BCUT2D eigenvalue weighted by Gasteiger charge is -2.34. The van der Waals surface area contributed by atoms with Gasteiger partial charge in [-0.3, -0.25) is 10.2 Å². The van der Waals surface area contributed by atoms with Gasteiger partial charge in [0.1, 0.15) is 16.6 Å². The summed E-state index contributed by atoms with van der Waals surface area (Å²) in [6.07, 6.45) is 6.01. The van der Waals surface area contributed by atoms with Crippen molar-refractivity contribution in [2.45, 2.75) is 62.1 Å². The number of nitrogens with zero attached hydrogens (tertiary/aromatic N) is 3. The molecule has 224 valence electrons. The largest absolute Gasteiger partial charge is 0.497 e. The summed E-state index contributed by atoms with van der Waals surface area (Å²) in [6.45, 7) is 0.770. The quantitative estimate of drug-likeness (QED) is 0.385. The summed E-state index contributed by atoms with van der Waals surface area (Å²) in [5.41, 5.74) is 8.56. The zero-order valence-corrected chi connectivity index (χ0v) is 25.1. The maximum atomic E-state index is 13.2. The van der Waals surface area contributed by atoms with Crippen molar-refractivity contribution in [2.24, 2.45) is 17.8 Å². The Labute approximate surface area is 250 Å². The molecule has 0 bridgehead atoms. The molecule has 3 aliphatic carbocycles. The van der Waals surface area contributed by atoms with Gasteiger partial charge in [0, 0.05) is 36.7 Å². The van der Waals surface area contributed by atoms with Gasteiger partial charge in [0.2, 0.25) is 5.91 Å². The number of methoxy groups -OCH3 is 1. The molecule has 6 atom stereocenters. The Morgan fingerprint density at radius 2 is 1.93 bits per heavy atom. The Morgan fingerprint density at radius 3 is 2.69 bits per heavy atom. The number of halogens is 1. The molecule has 13 heteroatoms. The van der Waals surface area contributed by atoms with Crippen molar-refractivity contribution < 1.29 is 17.9 Å². The number of benzene rings is 1. The molecular formula is C29H36ClN7O4S. The summed E-state index contributed by atoms with van der Waals surface area (Å²) >= 11 is 6.91. The third-order valence-corrected chi connectivity index (χ3v) is 12.4. The van der Waals surface area contributed by atoms with Gasteiger partial charge in [-0.05, 0) is 74.1 Å². The summed E-state index contributed by atoms with van der Waals surface area (Å²) in [5.74, 6) is 4.59. The second-order valence-electron chi connectivity index (χ2n) is 12.9. The van der Waals surface area contributed by atoms with Crippen LogP contribution < -0.4 is 31.1 Å². The molecule has 4 heterocycles. The van der Waals surface area contributed by atoms with Gasteiger partial charge < -0.3 is 20.3 Å². The van der Waals surface area contributed by atoms with Crippen molar-refractivity contribution in [1.82, 2.24) is 20.8 Å². The molecule has 0 radical (unpaired) electrons. The Morgan fingerprint density at radius 1 is 1.12 bits per heavy atom. The predicted octanol–water partition coefficient (Wildman–Crippen LogP) is 2.79. The topological polar surface area (TPSA) is 138 Å².